The highest BCUT2D eigenvalue weighted by atomic mass is 16.5. The number of rotatable bonds is 4. The number of carbonyl (C=O) groups is 3. The van der Waals surface area contributed by atoms with Crippen molar-refractivity contribution in [3.63, 3.8) is 0 Å². The SMILES string of the molecule is O=C1CCC(C(=O)OCC(=O)NC2CCCc3ccccc32)N1. The van der Waals surface area contributed by atoms with Gasteiger partial charge in [-0.3, -0.25) is 9.59 Å². The minimum atomic E-state index is -0.620. The number of ether oxygens (including phenoxy) is 1. The Labute approximate surface area is 134 Å². The molecule has 2 atom stereocenters. The van der Waals surface area contributed by atoms with Crippen LogP contribution in [0, 0.1) is 0 Å². The zero-order valence-electron chi connectivity index (χ0n) is 12.8. The highest BCUT2D eigenvalue weighted by molar-refractivity contribution is 5.89. The van der Waals surface area contributed by atoms with E-state index in [1.54, 1.807) is 0 Å². The minimum absolute atomic E-state index is 0.0302. The van der Waals surface area contributed by atoms with Crippen molar-refractivity contribution in [2.45, 2.75) is 44.2 Å². The maximum Gasteiger partial charge on any atom is 0.329 e. The summed E-state index contributed by atoms with van der Waals surface area (Å²) in [6, 6.07) is 7.42. The molecule has 6 heteroatoms. The Hall–Kier alpha value is -2.37. The van der Waals surface area contributed by atoms with E-state index in [9.17, 15) is 14.4 Å². The summed E-state index contributed by atoms with van der Waals surface area (Å²) >= 11 is 0. The largest absolute Gasteiger partial charge is 0.454 e. The van der Waals surface area contributed by atoms with Crippen molar-refractivity contribution >= 4 is 17.8 Å². The topological polar surface area (TPSA) is 84.5 Å². The number of hydrogen-bond acceptors (Lipinski definition) is 4. The summed E-state index contributed by atoms with van der Waals surface area (Å²) in [6.07, 6.45) is 3.68. The molecule has 23 heavy (non-hydrogen) atoms. The van der Waals surface area contributed by atoms with Crippen LogP contribution in [0.15, 0.2) is 24.3 Å². The predicted octanol–water partition coefficient (Wildman–Crippen LogP) is 1.00. The molecule has 2 amide bonds. The van der Waals surface area contributed by atoms with Crippen LogP contribution in [0.25, 0.3) is 0 Å². The highest BCUT2D eigenvalue weighted by Gasteiger charge is 2.29. The van der Waals surface area contributed by atoms with Crippen LogP contribution < -0.4 is 10.6 Å². The molecule has 1 saturated heterocycles. The third-order valence-electron chi connectivity index (χ3n) is 4.33. The second-order valence-corrected chi connectivity index (χ2v) is 5.98. The van der Waals surface area contributed by atoms with E-state index >= 15 is 0 Å². The zero-order valence-corrected chi connectivity index (χ0v) is 12.8. The van der Waals surface area contributed by atoms with Crippen molar-refractivity contribution in [1.82, 2.24) is 10.6 Å². The Morgan fingerprint density at radius 3 is 2.83 bits per heavy atom. The molecule has 1 fully saturated rings. The van der Waals surface area contributed by atoms with Crippen LogP contribution in [0.5, 0.6) is 0 Å². The van der Waals surface area contributed by atoms with E-state index in [2.05, 4.69) is 16.7 Å². The van der Waals surface area contributed by atoms with Crippen LogP contribution >= 0.6 is 0 Å². The zero-order chi connectivity index (χ0) is 16.2. The lowest BCUT2D eigenvalue weighted by Crippen LogP contribution is -2.38. The number of nitrogens with one attached hydrogen (secondary N) is 2. The normalized spacial score (nSPS) is 22.9. The molecular weight excluding hydrogens is 296 g/mol. The number of benzene rings is 1. The van der Waals surface area contributed by atoms with E-state index in [-0.39, 0.29) is 24.5 Å². The first-order valence-corrected chi connectivity index (χ1v) is 7.96. The van der Waals surface area contributed by atoms with Gasteiger partial charge in [-0.05, 0) is 36.8 Å². The molecule has 0 bridgehead atoms. The second-order valence-electron chi connectivity index (χ2n) is 5.98. The second kappa shape index (κ2) is 6.81. The van der Waals surface area contributed by atoms with Crippen LogP contribution in [-0.2, 0) is 25.5 Å². The van der Waals surface area contributed by atoms with Gasteiger partial charge in [0.2, 0.25) is 5.91 Å². The van der Waals surface area contributed by atoms with Crippen molar-refractivity contribution < 1.29 is 19.1 Å². The molecule has 1 aliphatic heterocycles. The molecule has 0 spiro atoms. The highest BCUT2D eigenvalue weighted by Crippen LogP contribution is 2.29. The number of hydrogen-bond donors (Lipinski definition) is 2. The van der Waals surface area contributed by atoms with Gasteiger partial charge in [-0.15, -0.1) is 0 Å². The van der Waals surface area contributed by atoms with Crippen molar-refractivity contribution in [2.24, 2.45) is 0 Å². The van der Waals surface area contributed by atoms with E-state index < -0.39 is 12.0 Å². The fraction of sp³-hybridized carbons (Fsp3) is 0.471. The number of esters is 1. The predicted molar refractivity (Wildman–Crippen MR) is 82.4 cm³/mol. The maximum atomic E-state index is 12.0. The summed E-state index contributed by atoms with van der Waals surface area (Å²) in [5.74, 6) is -1.02. The Bertz CT molecular complexity index is 629. The molecule has 0 aromatic heterocycles. The molecule has 2 unspecified atom stereocenters. The van der Waals surface area contributed by atoms with Gasteiger partial charge < -0.3 is 15.4 Å². The van der Waals surface area contributed by atoms with Gasteiger partial charge in [0.1, 0.15) is 6.04 Å². The molecule has 0 saturated carbocycles. The van der Waals surface area contributed by atoms with Gasteiger partial charge in [0.25, 0.3) is 5.91 Å². The number of aryl methyl sites for hydroxylation is 1. The quantitative estimate of drug-likeness (QED) is 0.812. The Morgan fingerprint density at radius 2 is 2.04 bits per heavy atom. The van der Waals surface area contributed by atoms with E-state index in [0.717, 1.165) is 24.8 Å². The van der Waals surface area contributed by atoms with E-state index in [1.807, 2.05) is 18.2 Å². The molecule has 1 aromatic rings. The lowest BCUT2D eigenvalue weighted by molar-refractivity contribution is -0.150. The maximum absolute atomic E-state index is 12.0. The van der Waals surface area contributed by atoms with Crippen LogP contribution in [0.3, 0.4) is 0 Å². The van der Waals surface area contributed by atoms with Gasteiger partial charge >= 0.3 is 5.97 Å². The fourth-order valence-electron chi connectivity index (χ4n) is 3.17. The van der Waals surface area contributed by atoms with Crippen LogP contribution in [0.4, 0.5) is 0 Å². The number of carbonyl (C=O) groups excluding carboxylic acids is 3. The van der Waals surface area contributed by atoms with Crippen molar-refractivity contribution in [2.75, 3.05) is 6.61 Å². The molecule has 122 valence electrons. The third-order valence-corrected chi connectivity index (χ3v) is 4.33. The van der Waals surface area contributed by atoms with Gasteiger partial charge in [-0.1, -0.05) is 24.3 Å². The monoisotopic (exact) mass is 316 g/mol. The van der Waals surface area contributed by atoms with Gasteiger partial charge in [0.05, 0.1) is 6.04 Å². The molecule has 3 rings (SSSR count). The molecule has 0 radical (unpaired) electrons. The standard InChI is InChI=1S/C17H20N2O4/c20-15-9-8-14(19-15)17(22)23-10-16(21)18-13-7-3-5-11-4-1-2-6-12(11)13/h1-2,4,6,13-14H,3,5,7-10H2,(H,18,21)(H,19,20). The van der Waals surface area contributed by atoms with Crippen molar-refractivity contribution in [1.29, 1.82) is 0 Å². The lowest BCUT2D eigenvalue weighted by atomic mass is 9.88. The molecule has 6 nitrogen and oxygen atoms in total. The summed E-state index contributed by atoms with van der Waals surface area (Å²) in [5, 5.41) is 5.45. The van der Waals surface area contributed by atoms with Crippen molar-refractivity contribution in [3.05, 3.63) is 35.4 Å². The first kappa shape index (κ1) is 15.5. The molecule has 2 N–H and O–H groups in total. The first-order chi connectivity index (χ1) is 11.1. The van der Waals surface area contributed by atoms with Gasteiger partial charge in [0, 0.05) is 6.42 Å². The Balaban J connectivity index is 1.50. The summed E-state index contributed by atoms with van der Waals surface area (Å²) in [5.41, 5.74) is 2.40. The van der Waals surface area contributed by atoms with Gasteiger partial charge in [0.15, 0.2) is 6.61 Å². The summed E-state index contributed by atoms with van der Waals surface area (Å²) in [6.45, 7) is -0.316. The fourth-order valence-corrected chi connectivity index (χ4v) is 3.17. The number of amides is 2. The minimum Gasteiger partial charge on any atom is -0.454 e. The number of fused-ring (bicyclic) bond motifs is 1. The Kier molecular flexibility index (Phi) is 4.60. The van der Waals surface area contributed by atoms with E-state index in [1.165, 1.54) is 5.56 Å². The molecule has 1 heterocycles. The lowest BCUT2D eigenvalue weighted by Gasteiger charge is -2.26. The van der Waals surface area contributed by atoms with Crippen LogP contribution in [0.1, 0.15) is 42.9 Å². The molecule has 2 aliphatic rings. The smallest absolute Gasteiger partial charge is 0.329 e. The first-order valence-electron chi connectivity index (χ1n) is 7.96. The third kappa shape index (κ3) is 3.70. The molecule has 1 aromatic carbocycles. The summed E-state index contributed by atoms with van der Waals surface area (Å²) < 4.78 is 5.00. The average Bonchev–Trinajstić information content (AvgIpc) is 2.99. The molecule has 1 aliphatic carbocycles. The van der Waals surface area contributed by atoms with Gasteiger partial charge in [-0.2, -0.15) is 0 Å². The van der Waals surface area contributed by atoms with Gasteiger partial charge in [-0.25, -0.2) is 4.79 Å². The average molecular weight is 316 g/mol. The molecular formula is C17H20N2O4. The van der Waals surface area contributed by atoms with Crippen LogP contribution in [0.2, 0.25) is 0 Å². The van der Waals surface area contributed by atoms with Crippen molar-refractivity contribution in [3.8, 4) is 0 Å². The summed E-state index contributed by atoms with van der Waals surface area (Å²) in [7, 11) is 0. The summed E-state index contributed by atoms with van der Waals surface area (Å²) in [4.78, 5) is 34.9. The van der Waals surface area contributed by atoms with E-state index in [4.69, 9.17) is 4.74 Å². The van der Waals surface area contributed by atoms with E-state index in [0.29, 0.717) is 12.8 Å². The van der Waals surface area contributed by atoms with Crippen LogP contribution in [-0.4, -0.2) is 30.4 Å². The Morgan fingerprint density at radius 1 is 1.22 bits per heavy atom.